The van der Waals surface area contributed by atoms with E-state index in [1.165, 1.54) is 0 Å². The number of azo groups is 1. The van der Waals surface area contributed by atoms with E-state index in [9.17, 15) is 10.2 Å². The van der Waals surface area contributed by atoms with E-state index >= 15 is 0 Å². The van der Waals surface area contributed by atoms with Crippen LogP contribution in [0, 0.1) is 5.39 Å². The Bertz CT molecular complexity index is 3120. The highest BCUT2D eigenvalue weighted by Crippen LogP contribution is 2.38. The number of phenolic OH excluding ortho intramolecular Hbond substituents is 4. The van der Waals surface area contributed by atoms with Crippen molar-refractivity contribution in [3.8, 4) is 23.0 Å². The lowest BCUT2D eigenvalue weighted by molar-refractivity contribution is -0.0000159. The first-order chi connectivity index (χ1) is 28.8. The Morgan fingerprint density at radius 2 is 0.967 bits per heavy atom. The molecule has 7 aromatic carbocycles. The Hall–Kier alpha value is -8.40. The molecule has 0 saturated carbocycles. The van der Waals surface area contributed by atoms with Gasteiger partial charge in [-0.2, -0.15) is 0 Å². The van der Waals surface area contributed by atoms with E-state index in [1.54, 1.807) is 79.3 Å². The van der Waals surface area contributed by atoms with Gasteiger partial charge in [-0.25, -0.2) is 4.98 Å². The van der Waals surface area contributed by atoms with E-state index in [4.69, 9.17) is 21.3 Å². The number of diazo groups is 1. The molecule has 0 aliphatic heterocycles. The third-order valence-corrected chi connectivity index (χ3v) is 9.02. The number of rotatable bonds is 2. The summed E-state index contributed by atoms with van der Waals surface area (Å²) in [6.07, 6.45) is 5.13. The normalized spacial score (nSPS) is 10.4. The molecule has 0 aliphatic rings. The number of aromatic nitrogens is 3. The van der Waals surface area contributed by atoms with Crippen LogP contribution in [0.4, 0.5) is 22.7 Å². The number of fused-ring (bicyclic) bond motifs is 5. The molecular formula is C47H35ClN8O4. The number of halogens is 1. The first kappa shape index (κ1) is 41.2. The first-order valence-electron chi connectivity index (χ1n) is 18.2. The van der Waals surface area contributed by atoms with Gasteiger partial charge in [-0.1, -0.05) is 78.9 Å². The second kappa shape index (κ2) is 19.2. The summed E-state index contributed by atoms with van der Waals surface area (Å²) in [5, 5.41) is 61.6. The Morgan fingerprint density at radius 3 is 1.60 bits per heavy atom. The molecule has 0 radical (unpaired) electrons. The highest BCUT2D eigenvalue weighted by molar-refractivity contribution is 5.96. The van der Waals surface area contributed by atoms with Gasteiger partial charge in [-0.3, -0.25) is 9.97 Å². The highest BCUT2D eigenvalue weighted by Gasteiger charge is 2.11. The van der Waals surface area contributed by atoms with Crippen molar-refractivity contribution in [2.75, 3.05) is 5.73 Å². The molecule has 3 heterocycles. The monoisotopic (exact) mass is 810 g/mol. The zero-order chi connectivity index (χ0) is 41.1. The van der Waals surface area contributed by atoms with Crippen LogP contribution in [0.25, 0.3) is 59.2 Å². The minimum Gasteiger partial charge on any atom is -1.00 e. The van der Waals surface area contributed by atoms with Crippen molar-refractivity contribution in [1.29, 1.82) is 5.39 Å². The zero-order valence-corrected chi connectivity index (χ0v) is 32.4. The number of nitrogens with two attached hydrogens (primary N) is 1. The summed E-state index contributed by atoms with van der Waals surface area (Å²) in [7, 11) is 0. The van der Waals surface area contributed by atoms with Crippen molar-refractivity contribution < 1.29 is 32.8 Å². The molecule has 13 heteroatoms. The number of para-hydroxylation sites is 3. The number of anilines is 1. The number of benzene rings is 7. The van der Waals surface area contributed by atoms with Gasteiger partial charge in [0.15, 0.2) is 10.5 Å². The number of nitrogens with zero attached hydrogens (tertiary/aromatic N) is 7. The van der Waals surface area contributed by atoms with Gasteiger partial charge in [0.2, 0.25) is 5.39 Å². The van der Waals surface area contributed by atoms with Crippen molar-refractivity contribution in [3.05, 3.63) is 181 Å². The number of nitrogen functional groups attached to an aromatic ring is 1. The Kier molecular flexibility index (Phi) is 13.2. The summed E-state index contributed by atoms with van der Waals surface area (Å²) in [6, 6.07) is 46.8. The molecule has 3 aromatic heterocycles. The van der Waals surface area contributed by atoms with Crippen LogP contribution in [0.1, 0.15) is 0 Å². The van der Waals surface area contributed by atoms with Gasteiger partial charge in [0.1, 0.15) is 34.4 Å². The molecule has 0 spiro atoms. The summed E-state index contributed by atoms with van der Waals surface area (Å²) < 4.78 is 0. The standard InChI is InChI=1S/C19H13N3O2.C10H8O2.C9H6N3.C9H8N2.ClH/c23-14-8-6-12-7-9-17(24)19(15(12)11-14)22-21-16-5-1-3-13-4-2-10-20-18(13)16;11-9-3-1-7-2-4-10(12)6-8(7)5-9;10-12-8-5-1-3-7-4-2-6-11-9(7)8;10-8-5-1-3-7-4-2-6-11-9(7)8;/h1-11,23-24H;1-6,11-12H;1-6H;1-6H,10H2;1H/q;;+1;;/p-1. The lowest BCUT2D eigenvalue weighted by Crippen LogP contribution is -3.00. The van der Waals surface area contributed by atoms with Crippen LogP contribution in [-0.4, -0.2) is 35.4 Å². The SMILES string of the molecule is N#[N+]c1cccc2cccnc12.Nc1cccc2cccnc12.Oc1ccc2ccc(O)c(N=Nc3cccc4cccnc34)c2c1.Oc1ccc2ccc(O)cc2c1.[Cl-]. The average Bonchev–Trinajstić information content (AvgIpc) is 3.26. The largest absolute Gasteiger partial charge is 1.00 e. The molecule has 0 unspecified atom stereocenters. The molecule has 0 aliphatic carbocycles. The maximum Gasteiger partial charge on any atom is 0.410 e. The van der Waals surface area contributed by atoms with Gasteiger partial charge in [0, 0.05) is 46.2 Å². The van der Waals surface area contributed by atoms with Gasteiger partial charge in [-0.15, -0.1) is 10.2 Å². The molecule has 0 saturated heterocycles. The zero-order valence-electron chi connectivity index (χ0n) is 31.6. The van der Waals surface area contributed by atoms with Crippen molar-refractivity contribution in [2.45, 2.75) is 0 Å². The maximum atomic E-state index is 10.1. The molecule has 10 aromatic rings. The number of phenols is 4. The first-order valence-corrected chi connectivity index (χ1v) is 18.2. The number of hydrogen-bond donors (Lipinski definition) is 5. The molecule has 0 amide bonds. The minimum atomic E-state index is 0. The maximum absolute atomic E-state index is 10.1. The predicted molar refractivity (Wildman–Crippen MR) is 233 cm³/mol. The van der Waals surface area contributed by atoms with Crippen LogP contribution in [0.3, 0.4) is 0 Å². The molecule has 294 valence electrons. The molecular weight excluding hydrogens is 776 g/mol. The number of pyridine rings is 3. The van der Waals surface area contributed by atoms with E-state index < -0.39 is 0 Å². The topological polar surface area (TPSA) is 198 Å². The molecule has 10 rings (SSSR count). The van der Waals surface area contributed by atoms with Crippen LogP contribution in [-0.2, 0) is 0 Å². The van der Waals surface area contributed by atoms with Gasteiger partial charge in [-0.05, 0) is 89.0 Å². The van der Waals surface area contributed by atoms with Gasteiger partial charge >= 0.3 is 5.69 Å². The lowest BCUT2D eigenvalue weighted by atomic mass is 10.1. The summed E-state index contributed by atoms with van der Waals surface area (Å²) in [6.45, 7) is 0. The summed E-state index contributed by atoms with van der Waals surface area (Å²) in [4.78, 5) is 15.7. The molecule has 12 nitrogen and oxygen atoms in total. The van der Waals surface area contributed by atoms with Gasteiger partial charge in [0.05, 0.1) is 16.7 Å². The van der Waals surface area contributed by atoms with E-state index in [1.807, 2.05) is 97.1 Å². The molecule has 0 bridgehead atoms. The minimum absolute atomic E-state index is 0. The molecule has 6 N–H and O–H groups in total. The molecule has 0 atom stereocenters. The number of aromatic hydroxyl groups is 4. The Morgan fingerprint density at radius 1 is 0.467 bits per heavy atom. The van der Waals surface area contributed by atoms with Gasteiger partial charge < -0.3 is 38.6 Å². The predicted octanol–water partition coefficient (Wildman–Crippen LogP) is 9.01. The summed E-state index contributed by atoms with van der Waals surface area (Å²) in [5.41, 5.74) is 10.2. The smallest absolute Gasteiger partial charge is 0.410 e. The van der Waals surface area contributed by atoms with Crippen LogP contribution in [0.15, 0.2) is 187 Å². The quantitative estimate of drug-likeness (QED) is 0.0642. The van der Waals surface area contributed by atoms with Crippen molar-refractivity contribution in [2.24, 2.45) is 10.2 Å². The van der Waals surface area contributed by atoms with Crippen LogP contribution < -0.4 is 18.1 Å². The lowest BCUT2D eigenvalue weighted by Gasteiger charge is -2.05. The second-order valence-corrected chi connectivity index (χ2v) is 13.0. The molecule has 60 heavy (non-hydrogen) atoms. The summed E-state index contributed by atoms with van der Waals surface area (Å²) >= 11 is 0. The average molecular weight is 811 g/mol. The number of hydrogen-bond acceptors (Lipinski definition) is 11. The highest BCUT2D eigenvalue weighted by atomic mass is 35.5. The van der Waals surface area contributed by atoms with Gasteiger partial charge in [0.25, 0.3) is 0 Å². The fourth-order valence-corrected chi connectivity index (χ4v) is 6.18. The Labute approximate surface area is 349 Å². The van der Waals surface area contributed by atoms with Crippen molar-refractivity contribution in [3.63, 3.8) is 0 Å². The van der Waals surface area contributed by atoms with Crippen LogP contribution >= 0.6 is 0 Å². The van der Waals surface area contributed by atoms with E-state index in [0.29, 0.717) is 22.4 Å². The van der Waals surface area contributed by atoms with E-state index in [0.717, 1.165) is 54.6 Å². The second-order valence-electron chi connectivity index (χ2n) is 13.0. The van der Waals surface area contributed by atoms with E-state index in [2.05, 4.69) is 30.2 Å². The Balaban J connectivity index is 0.000000143. The van der Waals surface area contributed by atoms with Crippen LogP contribution in [0.2, 0.25) is 0 Å². The summed E-state index contributed by atoms with van der Waals surface area (Å²) in [5.74, 6) is 0.544. The van der Waals surface area contributed by atoms with Crippen LogP contribution in [0.5, 0.6) is 23.0 Å². The third-order valence-electron chi connectivity index (χ3n) is 9.02. The van der Waals surface area contributed by atoms with E-state index in [-0.39, 0.29) is 35.4 Å². The fourth-order valence-electron chi connectivity index (χ4n) is 6.18. The van der Waals surface area contributed by atoms with Crippen molar-refractivity contribution >= 4 is 77.0 Å². The van der Waals surface area contributed by atoms with Crippen molar-refractivity contribution in [1.82, 2.24) is 15.0 Å². The molecule has 0 fully saturated rings. The third kappa shape index (κ3) is 9.75. The fraction of sp³-hybridized carbons (Fsp3) is 0.